The SMILES string of the molecule is Cc1ccc2ccn(-c3ccc(NC(=O)NS(=O)(=O)c4ccc(Cl)s4)cc3)c(=O)c2c1. The molecule has 0 aliphatic carbocycles. The molecule has 2 amide bonds. The van der Waals surface area contributed by atoms with Crippen molar-refractivity contribution in [2.75, 3.05) is 5.32 Å². The maximum atomic E-state index is 12.8. The number of carbonyl (C=O) groups excluding carboxylic acids is 1. The number of urea groups is 1. The van der Waals surface area contributed by atoms with E-state index >= 15 is 0 Å². The second kappa shape index (κ2) is 8.18. The Morgan fingerprint density at radius 2 is 1.77 bits per heavy atom. The zero-order valence-electron chi connectivity index (χ0n) is 16.1. The largest absolute Gasteiger partial charge is 0.333 e. The van der Waals surface area contributed by atoms with Crippen LogP contribution < -0.4 is 15.6 Å². The third kappa shape index (κ3) is 4.48. The van der Waals surface area contributed by atoms with E-state index in [-0.39, 0.29) is 9.77 Å². The summed E-state index contributed by atoms with van der Waals surface area (Å²) < 4.78 is 28.1. The Morgan fingerprint density at radius 1 is 1.03 bits per heavy atom. The number of hydrogen-bond donors (Lipinski definition) is 2. The van der Waals surface area contributed by atoms with Gasteiger partial charge in [-0.15, -0.1) is 11.3 Å². The van der Waals surface area contributed by atoms with Gasteiger partial charge in [0.15, 0.2) is 0 Å². The number of benzene rings is 2. The van der Waals surface area contributed by atoms with Crippen LogP contribution in [0, 0.1) is 6.92 Å². The zero-order chi connectivity index (χ0) is 22.2. The molecule has 0 spiro atoms. The van der Waals surface area contributed by atoms with Crippen LogP contribution in [0.15, 0.2) is 75.9 Å². The van der Waals surface area contributed by atoms with Crippen molar-refractivity contribution in [2.45, 2.75) is 11.1 Å². The molecule has 2 aromatic heterocycles. The molecule has 0 fully saturated rings. The number of fused-ring (bicyclic) bond motifs is 1. The molecule has 0 aliphatic heterocycles. The van der Waals surface area contributed by atoms with Crippen LogP contribution in [-0.4, -0.2) is 19.0 Å². The maximum absolute atomic E-state index is 12.8. The average molecular weight is 474 g/mol. The first-order valence-electron chi connectivity index (χ1n) is 9.04. The van der Waals surface area contributed by atoms with Crippen molar-refractivity contribution < 1.29 is 13.2 Å². The Hall–Kier alpha value is -3.14. The lowest BCUT2D eigenvalue weighted by Gasteiger charge is -2.10. The second-order valence-corrected chi connectivity index (χ2v) is 10.4. The van der Waals surface area contributed by atoms with Crippen LogP contribution >= 0.6 is 22.9 Å². The Kier molecular flexibility index (Phi) is 5.57. The molecule has 2 aromatic carbocycles. The fourth-order valence-corrected chi connectivity index (χ4v) is 5.42. The van der Waals surface area contributed by atoms with Gasteiger partial charge in [-0.1, -0.05) is 29.3 Å². The summed E-state index contributed by atoms with van der Waals surface area (Å²) >= 11 is 6.60. The molecule has 0 unspecified atom stereocenters. The van der Waals surface area contributed by atoms with Gasteiger partial charge in [-0.3, -0.25) is 9.36 Å². The highest BCUT2D eigenvalue weighted by atomic mass is 35.5. The smallest absolute Gasteiger partial charge is 0.307 e. The van der Waals surface area contributed by atoms with Gasteiger partial charge in [0.2, 0.25) is 0 Å². The molecular weight excluding hydrogens is 458 g/mol. The predicted molar refractivity (Wildman–Crippen MR) is 123 cm³/mol. The van der Waals surface area contributed by atoms with E-state index in [9.17, 15) is 18.0 Å². The number of sulfonamides is 1. The van der Waals surface area contributed by atoms with Gasteiger partial charge in [0, 0.05) is 23.0 Å². The number of aryl methyl sites for hydroxylation is 1. The molecule has 0 aliphatic rings. The van der Waals surface area contributed by atoms with Crippen molar-refractivity contribution in [3.63, 3.8) is 0 Å². The highest BCUT2D eigenvalue weighted by Gasteiger charge is 2.19. The molecule has 0 bridgehead atoms. The number of hydrogen-bond acceptors (Lipinski definition) is 5. The van der Waals surface area contributed by atoms with Gasteiger partial charge in [-0.05, 0) is 60.8 Å². The molecule has 10 heteroatoms. The van der Waals surface area contributed by atoms with E-state index < -0.39 is 16.1 Å². The van der Waals surface area contributed by atoms with E-state index in [4.69, 9.17) is 11.6 Å². The van der Waals surface area contributed by atoms with Crippen molar-refractivity contribution in [1.29, 1.82) is 0 Å². The molecular formula is C21H16ClN3O4S2. The number of aromatic nitrogens is 1. The van der Waals surface area contributed by atoms with E-state index in [1.165, 1.54) is 16.7 Å². The number of nitrogens with zero attached hydrogens (tertiary/aromatic N) is 1. The Balaban J connectivity index is 1.52. The predicted octanol–water partition coefficient (Wildman–Crippen LogP) is 4.52. The molecule has 0 saturated heterocycles. The fourth-order valence-electron chi connectivity index (χ4n) is 3.03. The molecule has 158 valence electrons. The summed E-state index contributed by atoms with van der Waals surface area (Å²) in [6, 6.07) is 15.9. The second-order valence-electron chi connectivity index (χ2n) is 6.75. The highest BCUT2D eigenvalue weighted by molar-refractivity contribution is 7.92. The van der Waals surface area contributed by atoms with Crippen LogP contribution in [0.2, 0.25) is 4.34 Å². The van der Waals surface area contributed by atoms with Gasteiger partial charge in [0.05, 0.1) is 4.34 Å². The number of rotatable bonds is 4. The van der Waals surface area contributed by atoms with Gasteiger partial charge >= 0.3 is 6.03 Å². The van der Waals surface area contributed by atoms with Gasteiger partial charge in [-0.2, -0.15) is 0 Å². The molecule has 31 heavy (non-hydrogen) atoms. The van der Waals surface area contributed by atoms with Crippen molar-refractivity contribution in [1.82, 2.24) is 9.29 Å². The van der Waals surface area contributed by atoms with Crippen LogP contribution in [0.1, 0.15) is 5.56 Å². The summed E-state index contributed by atoms with van der Waals surface area (Å²) in [5, 5.41) is 3.93. The van der Waals surface area contributed by atoms with E-state index in [1.807, 2.05) is 35.9 Å². The van der Waals surface area contributed by atoms with Crippen molar-refractivity contribution >= 4 is 55.5 Å². The van der Waals surface area contributed by atoms with Crippen LogP contribution in [0.5, 0.6) is 0 Å². The van der Waals surface area contributed by atoms with E-state index in [0.29, 0.717) is 21.1 Å². The van der Waals surface area contributed by atoms with Crippen LogP contribution in [0.4, 0.5) is 10.5 Å². The minimum Gasteiger partial charge on any atom is -0.307 e. The van der Waals surface area contributed by atoms with Gasteiger partial charge in [0.1, 0.15) is 4.21 Å². The van der Waals surface area contributed by atoms with Crippen LogP contribution in [0.25, 0.3) is 16.5 Å². The quantitative estimate of drug-likeness (QED) is 0.455. The molecule has 7 nitrogen and oxygen atoms in total. The normalized spacial score (nSPS) is 11.4. The summed E-state index contributed by atoms with van der Waals surface area (Å²) in [5.74, 6) is 0. The van der Waals surface area contributed by atoms with Crippen molar-refractivity contribution in [3.05, 3.63) is 87.1 Å². The Morgan fingerprint density at radius 3 is 2.45 bits per heavy atom. The van der Waals surface area contributed by atoms with Gasteiger partial charge in [0.25, 0.3) is 15.6 Å². The van der Waals surface area contributed by atoms with Crippen LogP contribution in [0.3, 0.4) is 0 Å². The van der Waals surface area contributed by atoms with Crippen molar-refractivity contribution in [2.24, 2.45) is 0 Å². The van der Waals surface area contributed by atoms with E-state index in [1.54, 1.807) is 30.5 Å². The third-order valence-electron chi connectivity index (χ3n) is 4.50. The molecule has 0 saturated carbocycles. The lowest BCUT2D eigenvalue weighted by molar-refractivity contribution is 0.256. The first kappa shape index (κ1) is 21.1. The van der Waals surface area contributed by atoms with E-state index in [2.05, 4.69) is 5.32 Å². The number of carbonyl (C=O) groups is 1. The Bertz CT molecular complexity index is 1460. The monoisotopic (exact) mass is 473 g/mol. The number of thiophene rings is 1. The van der Waals surface area contributed by atoms with Gasteiger partial charge < -0.3 is 5.32 Å². The molecule has 0 atom stereocenters. The number of halogens is 1. The lowest BCUT2D eigenvalue weighted by atomic mass is 10.1. The first-order chi connectivity index (χ1) is 14.7. The molecule has 0 radical (unpaired) electrons. The summed E-state index contributed by atoms with van der Waals surface area (Å²) in [5.41, 5.74) is 1.82. The number of amides is 2. The number of anilines is 1. The molecule has 2 N–H and O–H groups in total. The number of pyridine rings is 1. The first-order valence-corrected chi connectivity index (χ1v) is 11.7. The summed E-state index contributed by atoms with van der Waals surface area (Å²) in [6.07, 6.45) is 1.69. The molecule has 2 heterocycles. The lowest BCUT2D eigenvalue weighted by Crippen LogP contribution is -2.33. The maximum Gasteiger partial charge on any atom is 0.333 e. The molecule has 4 aromatic rings. The fraction of sp³-hybridized carbons (Fsp3) is 0.0476. The summed E-state index contributed by atoms with van der Waals surface area (Å²) in [7, 11) is -4.01. The number of nitrogens with one attached hydrogen (secondary N) is 2. The molecule has 4 rings (SSSR count). The average Bonchev–Trinajstić information content (AvgIpc) is 3.16. The summed E-state index contributed by atoms with van der Waals surface area (Å²) in [6.45, 7) is 1.93. The minimum absolute atomic E-state index is 0.0612. The van der Waals surface area contributed by atoms with E-state index in [0.717, 1.165) is 22.3 Å². The highest BCUT2D eigenvalue weighted by Crippen LogP contribution is 2.25. The zero-order valence-corrected chi connectivity index (χ0v) is 18.5. The standard InChI is InChI=1S/C21H16ClN3O4S2/c1-13-2-3-14-10-11-25(20(26)17(14)12-13)16-6-4-15(5-7-16)23-21(27)24-31(28,29)19-9-8-18(22)30-19/h2-12H,1H3,(H2,23,24,27). The van der Waals surface area contributed by atoms with Crippen molar-refractivity contribution in [3.8, 4) is 5.69 Å². The minimum atomic E-state index is -4.01. The third-order valence-corrected chi connectivity index (χ3v) is 7.56. The van der Waals surface area contributed by atoms with Gasteiger partial charge in [-0.25, -0.2) is 17.9 Å². The van der Waals surface area contributed by atoms with Crippen LogP contribution in [-0.2, 0) is 10.0 Å². The Labute approximate surface area is 187 Å². The topological polar surface area (TPSA) is 97.3 Å². The summed E-state index contributed by atoms with van der Waals surface area (Å²) in [4.78, 5) is 25.0.